The van der Waals surface area contributed by atoms with Crippen molar-refractivity contribution in [3.05, 3.63) is 27.9 Å². The molecule has 2 aromatic heterocycles. The van der Waals surface area contributed by atoms with Crippen LogP contribution in [0.2, 0.25) is 0 Å². The number of hydrogen-bond acceptors (Lipinski definition) is 6. The number of nitrogens with one attached hydrogen (secondary N) is 1. The zero-order valence-corrected chi connectivity index (χ0v) is 14.6. The molecule has 114 valence electrons. The number of amides is 1. The van der Waals surface area contributed by atoms with Crippen LogP contribution in [0.4, 0.5) is 0 Å². The summed E-state index contributed by atoms with van der Waals surface area (Å²) in [4.78, 5) is 13.4. The minimum absolute atomic E-state index is 0.0560. The standard InChI is InChI=1S/C14H19N3OS3/c1-3-10(4-2)13(11-6-5-7-19-11)16-12(18)8-20-14-17-15-9-21-14/h5-7,9-10,13H,3-4,8H2,1-2H3,(H,16,18)/t13-/m1/s1. The SMILES string of the molecule is CCC(CC)[C@@H](NC(=O)CSc1nncs1)c1cccs1. The molecule has 1 atom stereocenters. The summed E-state index contributed by atoms with van der Waals surface area (Å²) in [6, 6.07) is 4.26. The van der Waals surface area contributed by atoms with Crippen molar-refractivity contribution < 1.29 is 4.79 Å². The first kappa shape index (κ1) is 16.5. The highest BCUT2D eigenvalue weighted by atomic mass is 32.2. The van der Waals surface area contributed by atoms with E-state index in [1.807, 2.05) is 6.07 Å². The molecule has 0 aliphatic heterocycles. The first-order valence-electron chi connectivity index (χ1n) is 6.96. The summed E-state index contributed by atoms with van der Waals surface area (Å²) in [5, 5.41) is 13.0. The van der Waals surface area contributed by atoms with Gasteiger partial charge in [0.25, 0.3) is 0 Å². The van der Waals surface area contributed by atoms with Crippen LogP contribution in [0.3, 0.4) is 0 Å². The fourth-order valence-corrected chi connectivity index (χ4v) is 4.39. The Bertz CT molecular complexity index is 524. The fourth-order valence-electron chi connectivity index (χ4n) is 2.22. The maximum atomic E-state index is 12.2. The van der Waals surface area contributed by atoms with Crippen LogP contribution in [-0.2, 0) is 4.79 Å². The highest BCUT2D eigenvalue weighted by Crippen LogP contribution is 2.30. The summed E-state index contributed by atoms with van der Waals surface area (Å²) in [5.74, 6) is 0.914. The summed E-state index contributed by atoms with van der Waals surface area (Å²) in [5.41, 5.74) is 1.68. The van der Waals surface area contributed by atoms with Gasteiger partial charge in [0.15, 0.2) is 4.34 Å². The van der Waals surface area contributed by atoms with Crippen LogP contribution < -0.4 is 5.32 Å². The molecule has 0 bridgehead atoms. The van der Waals surface area contributed by atoms with Crippen LogP contribution >= 0.6 is 34.4 Å². The number of carbonyl (C=O) groups excluding carboxylic acids is 1. The molecule has 0 fully saturated rings. The van der Waals surface area contributed by atoms with E-state index < -0.39 is 0 Å². The highest BCUT2D eigenvalue weighted by Gasteiger charge is 2.23. The molecule has 2 rings (SSSR count). The molecule has 0 aliphatic carbocycles. The van der Waals surface area contributed by atoms with Crippen molar-refractivity contribution in [1.82, 2.24) is 15.5 Å². The monoisotopic (exact) mass is 341 g/mol. The van der Waals surface area contributed by atoms with E-state index in [9.17, 15) is 4.79 Å². The highest BCUT2D eigenvalue weighted by molar-refractivity contribution is 8.01. The first-order valence-corrected chi connectivity index (χ1v) is 9.70. The van der Waals surface area contributed by atoms with E-state index in [1.54, 1.807) is 16.8 Å². The third-order valence-corrected chi connectivity index (χ3v) is 6.17. The average Bonchev–Trinajstić information content (AvgIpc) is 3.18. The van der Waals surface area contributed by atoms with Gasteiger partial charge in [0.2, 0.25) is 5.91 Å². The lowest BCUT2D eigenvalue weighted by atomic mass is 9.93. The Kier molecular flexibility index (Phi) is 6.66. The Labute approximate surface area is 137 Å². The third kappa shape index (κ3) is 4.79. The van der Waals surface area contributed by atoms with Crippen molar-refractivity contribution in [2.24, 2.45) is 5.92 Å². The fraction of sp³-hybridized carbons (Fsp3) is 0.500. The van der Waals surface area contributed by atoms with Gasteiger partial charge in [-0.3, -0.25) is 4.79 Å². The molecule has 0 unspecified atom stereocenters. The second-order valence-corrected chi connectivity index (χ2v) is 7.67. The van der Waals surface area contributed by atoms with Gasteiger partial charge in [-0.25, -0.2) is 0 Å². The molecular formula is C14H19N3OS3. The van der Waals surface area contributed by atoms with E-state index in [1.165, 1.54) is 28.0 Å². The van der Waals surface area contributed by atoms with Crippen molar-refractivity contribution in [2.75, 3.05) is 5.75 Å². The Morgan fingerprint density at radius 3 is 2.76 bits per heavy atom. The van der Waals surface area contributed by atoms with Crippen LogP contribution in [0.1, 0.15) is 37.6 Å². The van der Waals surface area contributed by atoms with Gasteiger partial charge in [0, 0.05) is 4.88 Å². The van der Waals surface area contributed by atoms with Crippen molar-refractivity contribution in [2.45, 2.75) is 37.1 Å². The van der Waals surface area contributed by atoms with Crippen molar-refractivity contribution in [1.29, 1.82) is 0 Å². The van der Waals surface area contributed by atoms with E-state index in [0.717, 1.165) is 17.2 Å². The summed E-state index contributed by atoms with van der Waals surface area (Å²) >= 11 is 4.60. The summed E-state index contributed by atoms with van der Waals surface area (Å²) < 4.78 is 0.834. The molecule has 0 aliphatic rings. The number of thiophene rings is 1. The molecule has 0 radical (unpaired) electrons. The number of rotatable bonds is 8. The van der Waals surface area contributed by atoms with E-state index >= 15 is 0 Å². The average molecular weight is 342 g/mol. The molecule has 7 heteroatoms. The molecular weight excluding hydrogens is 322 g/mol. The Morgan fingerprint density at radius 1 is 1.38 bits per heavy atom. The van der Waals surface area contributed by atoms with Gasteiger partial charge >= 0.3 is 0 Å². The molecule has 0 aromatic carbocycles. The molecule has 0 saturated heterocycles. The Hall–Kier alpha value is -0.920. The smallest absolute Gasteiger partial charge is 0.230 e. The van der Waals surface area contributed by atoms with E-state index in [-0.39, 0.29) is 11.9 Å². The minimum atomic E-state index is 0.0560. The molecule has 0 saturated carbocycles. The van der Waals surface area contributed by atoms with Gasteiger partial charge in [0.1, 0.15) is 5.51 Å². The zero-order valence-electron chi connectivity index (χ0n) is 12.1. The molecule has 1 N–H and O–H groups in total. The van der Waals surface area contributed by atoms with Crippen molar-refractivity contribution >= 4 is 40.3 Å². The number of carbonyl (C=O) groups is 1. The normalized spacial score (nSPS) is 12.5. The lowest BCUT2D eigenvalue weighted by molar-refractivity contribution is -0.119. The van der Waals surface area contributed by atoms with Gasteiger partial charge in [-0.2, -0.15) is 0 Å². The molecule has 1 amide bonds. The van der Waals surface area contributed by atoms with Gasteiger partial charge in [-0.15, -0.1) is 21.5 Å². The van der Waals surface area contributed by atoms with Crippen LogP contribution in [-0.4, -0.2) is 21.9 Å². The second-order valence-electron chi connectivity index (χ2n) is 4.63. The maximum Gasteiger partial charge on any atom is 0.230 e. The van der Waals surface area contributed by atoms with E-state index in [2.05, 4.69) is 40.8 Å². The van der Waals surface area contributed by atoms with Crippen molar-refractivity contribution in [3.8, 4) is 0 Å². The maximum absolute atomic E-state index is 12.2. The Balaban J connectivity index is 1.96. The number of aromatic nitrogens is 2. The van der Waals surface area contributed by atoms with E-state index in [4.69, 9.17) is 0 Å². The summed E-state index contributed by atoms with van der Waals surface area (Å²) in [6.45, 7) is 4.35. The molecule has 0 spiro atoms. The quantitative estimate of drug-likeness (QED) is 0.738. The first-order chi connectivity index (χ1) is 10.2. The minimum Gasteiger partial charge on any atom is -0.347 e. The molecule has 2 aromatic rings. The largest absolute Gasteiger partial charge is 0.347 e. The lowest BCUT2D eigenvalue weighted by Crippen LogP contribution is -2.33. The second kappa shape index (κ2) is 8.51. The molecule has 2 heterocycles. The van der Waals surface area contributed by atoms with E-state index in [0.29, 0.717) is 11.7 Å². The lowest BCUT2D eigenvalue weighted by Gasteiger charge is -2.25. The van der Waals surface area contributed by atoms with Crippen LogP contribution in [0.5, 0.6) is 0 Å². The molecule has 4 nitrogen and oxygen atoms in total. The van der Waals surface area contributed by atoms with Gasteiger partial charge < -0.3 is 5.32 Å². The topological polar surface area (TPSA) is 54.9 Å². The van der Waals surface area contributed by atoms with Crippen molar-refractivity contribution in [3.63, 3.8) is 0 Å². The molecule has 21 heavy (non-hydrogen) atoms. The van der Waals surface area contributed by atoms with Crippen LogP contribution in [0, 0.1) is 5.92 Å². The number of nitrogens with zero attached hydrogens (tertiary/aromatic N) is 2. The van der Waals surface area contributed by atoms with Gasteiger partial charge in [-0.05, 0) is 17.4 Å². The van der Waals surface area contributed by atoms with Crippen LogP contribution in [0.15, 0.2) is 27.4 Å². The van der Waals surface area contributed by atoms with Gasteiger partial charge in [0.05, 0.1) is 11.8 Å². The predicted molar refractivity (Wildman–Crippen MR) is 89.9 cm³/mol. The predicted octanol–water partition coefficient (Wildman–Crippen LogP) is 3.99. The number of thioether (sulfide) groups is 1. The zero-order chi connectivity index (χ0) is 15.1. The number of hydrogen-bond donors (Lipinski definition) is 1. The summed E-state index contributed by atoms with van der Waals surface area (Å²) in [7, 11) is 0. The summed E-state index contributed by atoms with van der Waals surface area (Å²) in [6.07, 6.45) is 2.12. The Morgan fingerprint density at radius 2 is 2.19 bits per heavy atom. The van der Waals surface area contributed by atoms with Gasteiger partial charge in [-0.1, -0.05) is 55.9 Å². The van der Waals surface area contributed by atoms with Crippen LogP contribution in [0.25, 0.3) is 0 Å². The third-order valence-electron chi connectivity index (χ3n) is 3.35.